The third-order valence-electron chi connectivity index (χ3n) is 3.03. The van der Waals surface area contributed by atoms with Crippen LogP contribution in [0.15, 0.2) is 18.2 Å². The normalized spacial score (nSPS) is 15.0. The number of carbonyl (C=O) groups excluding carboxylic acids is 1. The topological polar surface area (TPSA) is 71.0 Å². The number of nitrogens with zero attached hydrogens (tertiary/aromatic N) is 1. The van der Waals surface area contributed by atoms with Crippen LogP contribution in [0.4, 0.5) is 0 Å². The van der Waals surface area contributed by atoms with Gasteiger partial charge in [-0.1, -0.05) is 11.8 Å². The van der Waals surface area contributed by atoms with E-state index in [0.717, 1.165) is 0 Å². The van der Waals surface area contributed by atoms with Crippen molar-refractivity contribution in [3.63, 3.8) is 0 Å². The lowest BCUT2D eigenvalue weighted by Gasteiger charge is -2.26. The number of nitrogens with one attached hydrogen (secondary N) is 1. The van der Waals surface area contributed by atoms with Crippen LogP contribution in [0.5, 0.6) is 5.75 Å². The minimum Gasteiger partial charge on any atom is -0.495 e. The van der Waals surface area contributed by atoms with Crippen LogP contribution in [-0.2, 0) is 4.74 Å². The molecule has 0 aliphatic carbocycles. The van der Waals surface area contributed by atoms with Crippen LogP contribution in [0.25, 0.3) is 0 Å². The minimum atomic E-state index is -0.243. The van der Waals surface area contributed by atoms with Crippen molar-refractivity contribution in [1.29, 1.82) is 0 Å². The van der Waals surface area contributed by atoms with Gasteiger partial charge in [0.25, 0.3) is 5.91 Å². The molecule has 0 unspecified atom stereocenters. The van der Waals surface area contributed by atoms with Crippen LogP contribution >= 0.6 is 0 Å². The van der Waals surface area contributed by atoms with Crippen LogP contribution < -0.4 is 10.2 Å². The highest BCUT2D eigenvalue weighted by Crippen LogP contribution is 2.19. The lowest BCUT2D eigenvalue weighted by atomic mass is 10.1. The summed E-state index contributed by atoms with van der Waals surface area (Å²) in [6.45, 7) is 2.30. The van der Waals surface area contributed by atoms with E-state index >= 15 is 0 Å². The molecule has 6 heteroatoms. The van der Waals surface area contributed by atoms with E-state index in [-0.39, 0.29) is 12.5 Å². The monoisotopic (exact) mass is 290 g/mol. The fourth-order valence-electron chi connectivity index (χ4n) is 1.96. The molecule has 0 atom stereocenters. The maximum absolute atomic E-state index is 12.2. The predicted octanol–water partition coefficient (Wildman–Crippen LogP) is 0.0160. The molecule has 0 bridgehead atoms. The second-order valence-electron chi connectivity index (χ2n) is 4.42. The molecule has 0 radical (unpaired) electrons. The van der Waals surface area contributed by atoms with Gasteiger partial charge in [0.2, 0.25) is 0 Å². The van der Waals surface area contributed by atoms with Gasteiger partial charge in [0, 0.05) is 18.7 Å². The summed E-state index contributed by atoms with van der Waals surface area (Å²) in [4.78, 5) is 12.2. The van der Waals surface area contributed by atoms with Gasteiger partial charge >= 0.3 is 0 Å². The molecule has 1 aliphatic rings. The van der Waals surface area contributed by atoms with Crippen molar-refractivity contribution in [2.75, 3.05) is 40.0 Å². The van der Waals surface area contributed by atoms with Crippen LogP contribution in [-0.4, -0.2) is 56.0 Å². The van der Waals surface area contributed by atoms with Crippen molar-refractivity contribution in [3.05, 3.63) is 29.3 Å². The Hall–Kier alpha value is -2.07. The van der Waals surface area contributed by atoms with E-state index in [9.17, 15) is 4.79 Å². The first-order valence-electron chi connectivity index (χ1n) is 6.66. The van der Waals surface area contributed by atoms with Gasteiger partial charge in [0.1, 0.15) is 12.4 Å². The number of ether oxygens (including phenoxy) is 2. The number of hydrogen-bond donors (Lipinski definition) is 2. The molecule has 2 N–H and O–H groups in total. The molecule has 2 rings (SSSR count). The highest BCUT2D eigenvalue weighted by molar-refractivity contribution is 5.94. The number of aliphatic hydroxyl groups is 1. The van der Waals surface area contributed by atoms with E-state index in [1.807, 2.05) is 5.01 Å². The minimum absolute atomic E-state index is 0.202. The fourth-order valence-corrected chi connectivity index (χ4v) is 1.96. The van der Waals surface area contributed by atoms with Crippen molar-refractivity contribution < 1.29 is 19.4 Å². The molecule has 1 saturated heterocycles. The van der Waals surface area contributed by atoms with Crippen molar-refractivity contribution in [2.24, 2.45) is 0 Å². The average molecular weight is 290 g/mol. The Morgan fingerprint density at radius 1 is 1.48 bits per heavy atom. The number of morpholine rings is 1. The van der Waals surface area contributed by atoms with Gasteiger partial charge in [0.05, 0.1) is 25.9 Å². The van der Waals surface area contributed by atoms with Crippen molar-refractivity contribution in [1.82, 2.24) is 10.4 Å². The smallest absolute Gasteiger partial charge is 0.265 e. The zero-order valence-electron chi connectivity index (χ0n) is 11.9. The fraction of sp³-hybridized carbons (Fsp3) is 0.400. The molecule has 0 aromatic heterocycles. The number of hydrazine groups is 1. The number of benzene rings is 1. The standard InChI is InChI=1S/C15H18N2O4/c1-20-14-5-4-13(11-12(14)3-2-8-18)15(19)16-17-6-9-21-10-7-17/h4-5,11,18H,6-10H2,1H3,(H,16,19). The molecular weight excluding hydrogens is 272 g/mol. The van der Waals surface area contributed by atoms with E-state index in [2.05, 4.69) is 17.3 Å². The molecule has 21 heavy (non-hydrogen) atoms. The SMILES string of the molecule is COc1ccc(C(=O)NN2CCOCC2)cc1C#CCO. The molecule has 1 amide bonds. The number of amides is 1. The Balaban J connectivity index is 2.13. The maximum atomic E-state index is 12.2. The molecule has 0 saturated carbocycles. The summed E-state index contributed by atoms with van der Waals surface area (Å²) in [7, 11) is 1.53. The van der Waals surface area contributed by atoms with Gasteiger partial charge in [-0.05, 0) is 18.2 Å². The summed E-state index contributed by atoms with van der Waals surface area (Å²) in [5.41, 5.74) is 3.89. The van der Waals surface area contributed by atoms with Gasteiger partial charge < -0.3 is 14.6 Å². The first-order valence-corrected chi connectivity index (χ1v) is 6.66. The van der Waals surface area contributed by atoms with Crippen LogP contribution in [0.1, 0.15) is 15.9 Å². The molecule has 0 spiro atoms. The van der Waals surface area contributed by atoms with Crippen LogP contribution in [0, 0.1) is 11.8 Å². The maximum Gasteiger partial charge on any atom is 0.265 e. The molecule has 1 aromatic carbocycles. The number of hydrogen-bond acceptors (Lipinski definition) is 5. The van der Waals surface area contributed by atoms with Gasteiger partial charge in [-0.15, -0.1) is 0 Å². The third kappa shape index (κ3) is 4.20. The largest absolute Gasteiger partial charge is 0.495 e. The second kappa shape index (κ2) is 7.64. The Bertz CT molecular complexity index is 557. The summed E-state index contributed by atoms with van der Waals surface area (Å²) in [5.74, 6) is 5.69. The van der Waals surface area contributed by atoms with Crippen molar-refractivity contribution in [3.8, 4) is 17.6 Å². The molecule has 1 heterocycles. The predicted molar refractivity (Wildman–Crippen MR) is 76.8 cm³/mol. The first kappa shape index (κ1) is 15.3. The number of rotatable bonds is 3. The summed E-state index contributed by atoms with van der Waals surface area (Å²) in [6.07, 6.45) is 0. The Kier molecular flexibility index (Phi) is 5.58. The zero-order chi connectivity index (χ0) is 15.1. The molecule has 6 nitrogen and oxygen atoms in total. The number of aliphatic hydroxyl groups excluding tert-OH is 1. The molecule has 1 aromatic rings. The van der Waals surface area contributed by atoms with E-state index in [1.165, 1.54) is 7.11 Å². The lowest BCUT2D eigenvalue weighted by molar-refractivity contribution is 0.0126. The quantitative estimate of drug-likeness (QED) is 0.768. The lowest BCUT2D eigenvalue weighted by Crippen LogP contribution is -2.48. The molecule has 112 valence electrons. The molecular formula is C15H18N2O4. The van der Waals surface area contributed by atoms with Gasteiger partial charge in [-0.2, -0.15) is 0 Å². The van der Waals surface area contributed by atoms with E-state index in [1.54, 1.807) is 18.2 Å². The van der Waals surface area contributed by atoms with Crippen LogP contribution in [0.3, 0.4) is 0 Å². The number of carbonyl (C=O) groups is 1. The highest BCUT2D eigenvalue weighted by Gasteiger charge is 2.15. The van der Waals surface area contributed by atoms with E-state index < -0.39 is 0 Å². The second-order valence-corrected chi connectivity index (χ2v) is 4.42. The average Bonchev–Trinajstić information content (AvgIpc) is 2.53. The van der Waals surface area contributed by atoms with Crippen molar-refractivity contribution >= 4 is 5.91 Å². The third-order valence-corrected chi connectivity index (χ3v) is 3.03. The Morgan fingerprint density at radius 2 is 2.24 bits per heavy atom. The van der Waals surface area contributed by atoms with Gasteiger partial charge in [0.15, 0.2) is 0 Å². The summed E-state index contributed by atoms with van der Waals surface area (Å²) >= 11 is 0. The Labute approximate surface area is 123 Å². The van der Waals surface area contributed by atoms with Gasteiger partial charge in [-0.3, -0.25) is 10.2 Å². The zero-order valence-corrected chi connectivity index (χ0v) is 11.9. The van der Waals surface area contributed by atoms with Crippen molar-refractivity contribution in [2.45, 2.75) is 0 Å². The highest BCUT2D eigenvalue weighted by atomic mass is 16.5. The summed E-state index contributed by atoms with van der Waals surface area (Å²) in [5, 5.41) is 10.6. The summed E-state index contributed by atoms with van der Waals surface area (Å²) in [6, 6.07) is 5.02. The van der Waals surface area contributed by atoms with Gasteiger partial charge in [-0.25, -0.2) is 5.01 Å². The van der Waals surface area contributed by atoms with E-state index in [0.29, 0.717) is 43.2 Å². The molecule has 1 fully saturated rings. The molecule has 1 aliphatic heterocycles. The summed E-state index contributed by atoms with van der Waals surface area (Å²) < 4.78 is 10.4. The van der Waals surface area contributed by atoms with E-state index in [4.69, 9.17) is 14.6 Å². The number of methoxy groups -OCH3 is 1. The first-order chi connectivity index (χ1) is 10.2. The Morgan fingerprint density at radius 3 is 2.90 bits per heavy atom. The van der Waals surface area contributed by atoms with Crippen LogP contribution in [0.2, 0.25) is 0 Å².